The van der Waals surface area contributed by atoms with Gasteiger partial charge in [-0.15, -0.1) is 0 Å². The Kier molecular flexibility index (Phi) is 4.72. The second-order valence-corrected chi connectivity index (χ2v) is 6.78. The lowest BCUT2D eigenvalue weighted by atomic mass is 9.79. The predicted octanol–water partition coefficient (Wildman–Crippen LogP) is 3.65. The first-order chi connectivity index (χ1) is 9.48. The Morgan fingerprint density at radius 2 is 1.90 bits per heavy atom. The van der Waals surface area contributed by atoms with Gasteiger partial charge in [-0.3, -0.25) is 4.90 Å². The molecule has 1 aliphatic rings. The molecule has 0 bridgehead atoms. The van der Waals surface area contributed by atoms with Crippen LogP contribution in [0.3, 0.4) is 0 Å². The summed E-state index contributed by atoms with van der Waals surface area (Å²) in [6.45, 7) is 0. The summed E-state index contributed by atoms with van der Waals surface area (Å²) >= 11 is 3.53. The van der Waals surface area contributed by atoms with E-state index >= 15 is 0 Å². The van der Waals surface area contributed by atoms with Crippen LogP contribution >= 0.6 is 15.9 Å². The molecule has 1 aromatic carbocycles. The van der Waals surface area contributed by atoms with Crippen molar-refractivity contribution < 1.29 is 0 Å². The Morgan fingerprint density at radius 1 is 1.25 bits per heavy atom. The lowest BCUT2D eigenvalue weighted by Gasteiger charge is -2.42. The zero-order valence-electron chi connectivity index (χ0n) is 12.4. The minimum absolute atomic E-state index is 0.269. The number of nitriles is 1. The van der Waals surface area contributed by atoms with E-state index in [0.717, 1.165) is 30.2 Å². The molecule has 108 valence electrons. The quantitative estimate of drug-likeness (QED) is 0.844. The minimum atomic E-state index is -0.269. The van der Waals surface area contributed by atoms with E-state index in [1.54, 1.807) is 0 Å². The normalized spacial score (nSPS) is 26.3. The summed E-state index contributed by atoms with van der Waals surface area (Å²) in [6, 6.07) is 11.5. The van der Waals surface area contributed by atoms with Crippen molar-refractivity contribution in [3.8, 4) is 6.07 Å². The molecule has 0 unspecified atom stereocenters. The molecule has 20 heavy (non-hydrogen) atoms. The Morgan fingerprint density at radius 3 is 2.40 bits per heavy atom. The number of hydrogen-bond donors (Lipinski definition) is 0. The molecule has 0 radical (unpaired) electrons. The van der Waals surface area contributed by atoms with Gasteiger partial charge in [0.25, 0.3) is 0 Å². The van der Waals surface area contributed by atoms with Crippen molar-refractivity contribution in [2.45, 2.75) is 37.3 Å². The summed E-state index contributed by atoms with van der Waals surface area (Å²) in [5, 5.41) is 9.48. The highest BCUT2D eigenvalue weighted by Crippen LogP contribution is 2.35. The van der Waals surface area contributed by atoms with Crippen molar-refractivity contribution in [1.82, 2.24) is 4.90 Å². The van der Waals surface area contributed by atoms with Crippen LogP contribution in [0.25, 0.3) is 0 Å². The topological polar surface area (TPSA) is 30.3 Å². The highest BCUT2D eigenvalue weighted by molar-refractivity contribution is 9.10. The van der Waals surface area contributed by atoms with E-state index in [2.05, 4.69) is 57.0 Å². The third-order valence-corrected chi connectivity index (χ3v) is 5.10. The zero-order valence-corrected chi connectivity index (χ0v) is 14.0. The smallest absolute Gasteiger partial charge is 0.108 e. The number of hydrogen-bond acceptors (Lipinski definition) is 3. The fraction of sp³-hybridized carbons (Fsp3) is 0.562. The van der Waals surface area contributed by atoms with Crippen LogP contribution in [0.15, 0.2) is 28.7 Å². The van der Waals surface area contributed by atoms with Gasteiger partial charge in [0.15, 0.2) is 0 Å². The first kappa shape index (κ1) is 15.3. The Balaban J connectivity index is 2.06. The predicted molar refractivity (Wildman–Crippen MR) is 86.8 cm³/mol. The van der Waals surface area contributed by atoms with Crippen LogP contribution in [-0.2, 0) is 0 Å². The van der Waals surface area contributed by atoms with Gasteiger partial charge in [0.2, 0.25) is 0 Å². The van der Waals surface area contributed by atoms with Crippen LogP contribution < -0.4 is 4.90 Å². The number of benzene rings is 1. The first-order valence-corrected chi connectivity index (χ1v) is 7.85. The zero-order chi connectivity index (χ0) is 14.8. The van der Waals surface area contributed by atoms with Crippen molar-refractivity contribution in [2.75, 3.05) is 26.0 Å². The van der Waals surface area contributed by atoms with Gasteiger partial charge in [-0.2, -0.15) is 5.26 Å². The van der Waals surface area contributed by atoms with Crippen molar-refractivity contribution in [3.05, 3.63) is 28.7 Å². The molecule has 1 fully saturated rings. The summed E-state index contributed by atoms with van der Waals surface area (Å²) in [7, 11) is 6.19. The number of halogens is 1. The molecule has 0 aromatic heterocycles. The largest absolute Gasteiger partial charge is 0.372 e. The molecule has 0 amide bonds. The van der Waals surface area contributed by atoms with E-state index < -0.39 is 0 Å². The molecule has 0 aliphatic heterocycles. The monoisotopic (exact) mass is 335 g/mol. The summed E-state index contributed by atoms with van der Waals surface area (Å²) < 4.78 is 1.11. The minimum Gasteiger partial charge on any atom is -0.372 e. The Bertz CT molecular complexity index is 499. The van der Waals surface area contributed by atoms with Gasteiger partial charge in [0.1, 0.15) is 5.54 Å². The summed E-state index contributed by atoms with van der Waals surface area (Å²) in [4.78, 5) is 4.43. The fourth-order valence-corrected chi connectivity index (χ4v) is 3.42. The first-order valence-electron chi connectivity index (χ1n) is 7.05. The number of anilines is 1. The SMILES string of the molecule is CN(c1cccc(Br)c1)C1CCC(C#N)(N(C)C)CC1. The molecule has 0 spiro atoms. The number of nitrogens with zero attached hydrogens (tertiary/aromatic N) is 3. The summed E-state index contributed by atoms with van der Waals surface area (Å²) in [5.41, 5.74) is 0.966. The van der Waals surface area contributed by atoms with Crippen LogP contribution in [0.5, 0.6) is 0 Å². The van der Waals surface area contributed by atoms with E-state index in [1.165, 1.54) is 5.69 Å². The van der Waals surface area contributed by atoms with Crippen molar-refractivity contribution in [2.24, 2.45) is 0 Å². The van der Waals surface area contributed by atoms with Gasteiger partial charge in [-0.1, -0.05) is 22.0 Å². The summed E-state index contributed by atoms with van der Waals surface area (Å²) in [5.74, 6) is 0. The molecule has 4 heteroatoms. The van der Waals surface area contributed by atoms with Gasteiger partial charge in [0.05, 0.1) is 6.07 Å². The van der Waals surface area contributed by atoms with E-state index in [1.807, 2.05) is 20.2 Å². The van der Waals surface area contributed by atoms with E-state index in [0.29, 0.717) is 6.04 Å². The van der Waals surface area contributed by atoms with Crippen molar-refractivity contribution in [3.63, 3.8) is 0 Å². The molecule has 1 aliphatic carbocycles. The second kappa shape index (κ2) is 6.15. The van der Waals surface area contributed by atoms with Crippen molar-refractivity contribution in [1.29, 1.82) is 5.26 Å². The molecule has 0 heterocycles. The molecule has 0 N–H and O–H groups in total. The number of rotatable bonds is 3. The van der Waals surface area contributed by atoms with Gasteiger partial charge in [-0.25, -0.2) is 0 Å². The highest BCUT2D eigenvalue weighted by atomic mass is 79.9. The Labute approximate surface area is 130 Å². The van der Waals surface area contributed by atoms with Crippen LogP contribution in [0.4, 0.5) is 5.69 Å². The third-order valence-electron chi connectivity index (χ3n) is 4.61. The summed E-state index contributed by atoms with van der Waals surface area (Å²) in [6.07, 6.45) is 4.02. The lowest BCUT2D eigenvalue weighted by Crippen LogP contribution is -2.49. The average molecular weight is 336 g/mol. The van der Waals surface area contributed by atoms with E-state index in [4.69, 9.17) is 0 Å². The molecule has 1 aromatic rings. The van der Waals surface area contributed by atoms with E-state index in [9.17, 15) is 5.26 Å². The molecular formula is C16H22BrN3. The van der Waals surface area contributed by atoms with Crippen LogP contribution in [0, 0.1) is 11.3 Å². The molecule has 0 saturated heterocycles. The van der Waals surface area contributed by atoms with E-state index in [-0.39, 0.29) is 5.54 Å². The maximum atomic E-state index is 9.48. The molecule has 0 atom stereocenters. The second-order valence-electron chi connectivity index (χ2n) is 5.86. The molecular weight excluding hydrogens is 314 g/mol. The van der Waals surface area contributed by atoms with Gasteiger partial charge < -0.3 is 4.90 Å². The highest BCUT2D eigenvalue weighted by Gasteiger charge is 2.38. The van der Waals surface area contributed by atoms with Gasteiger partial charge >= 0.3 is 0 Å². The molecule has 3 nitrogen and oxygen atoms in total. The van der Waals surface area contributed by atoms with Crippen molar-refractivity contribution >= 4 is 21.6 Å². The third kappa shape index (κ3) is 2.99. The Hall–Kier alpha value is -1.05. The van der Waals surface area contributed by atoms with Gasteiger partial charge in [-0.05, 0) is 58.0 Å². The standard InChI is InChI=1S/C16H22BrN3/c1-19(2)16(12-18)9-7-14(8-10-16)20(3)15-6-4-5-13(17)11-15/h4-6,11,14H,7-10H2,1-3H3. The fourth-order valence-electron chi connectivity index (χ4n) is 3.03. The maximum Gasteiger partial charge on any atom is 0.108 e. The van der Waals surface area contributed by atoms with Crippen LogP contribution in [0.1, 0.15) is 25.7 Å². The molecule has 1 saturated carbocycles. The van der Waals surface area contributed by atoms with Crippen LogP contribution in [-0.4, -0.2) is 37.6 Å². The van der Waals surface area contributed by atoms with Crippen LogP contribution in [0.2, 0.25) is 0 Å². The lowest BCUT2D eigenvalue weighted by molar-refractivity contribution is 0.148. The average Bonchev–Trinajstić information content (AvgIpc) is 2.46. The maximum absolute atomic E-state index is 9.48. The van der Waals surface area contributed by atoms with Gasteiger partial charge in [0, 0.05) is 23.2 Å². The molecule has 2 rings (SSSR count).